The highest BCUT2D eigenvalue weighted by Crippen LogP contribution is 2.19. The molecule has 6 heteroatoms. The summed E-state index contributed by atoms with van der Waals surface area (Å²) in [4.78, 5) is 24.6. The number of allylic oxidation sites excluding steroid dienone is 2. The van der Waals surface area contributed by atoms with E-state index >= 15 is 0 Å². The third-order valence-corrected chi connectivity index (χ3v) is 16.8. The van der Waals surface area contributed by atoms with E-state index in [2.05, 4.69) is 31.3 Å². The van der Waals surface area contributed by atoms with Gasteiger partial charge in [0.05, 0.1) is 25.4 Å². The van der Waals surface area contributed by atoms with Crippen molar-refractivity contribution in [2.75, 3.05) is 13.2 Å². The van der Waals surface area contributed by atoms with E-state index in [-0.39, 0.29) is 18.5 Å². The van der Waals surface area contributed by atoms with E-state index in [4.69, 9.17) is 4.74 Å². The van der Waals surface area contributed by atoms with Crippen LogP contribution in [-0.2, 0) is 14.3 Å². The molecule has 0 bridgehead atoms. The predicted molar refractivity (Wildman–Crippen MR) is 338 cm³/mol. The van der Waals surface area contributed by atoms with Gasteiger partial charge in [0.15, 0.2) is 0 Å². The molecule has 0 aliphatic heterocycles. The van der Waals surface area contributed by atoms with Gasteiger partial charge in [0.1, 0.15) is 0 Å². The normalized spacial score (nSPS) is 12.5. The SMILES string of the molecule is CCCCCCCCCCCCCCCCCCCCCCCCCC(O)C(CO)NC(=O)CCCCCCCCC/C=C\CCCCCCCCCCCOC(=O)CCCCCCCCCCCCCCCCCCC. The molecule has 0 saturated carbocycles. The first-order chi connectivity index (χ1) is 38.0. The molecule has 0 aromatic heterocycles. The molecule has 0 rings (SSSR count). The Morgan fingerprint density at radius 3 is 0.922 bits per heavy atom. The molecule has 0 aliphatic rings. The monoisotopic (exact) mass is 1090 g/mol. The van der Waals surface area contributed by atoms with E-state index in [1.807, 2.05) is 0 Å². The zero-order valence-corrected chi connectivity index (χ0v) is 52.5. The largest absolute Gasteiger partial charge is 0.466 e. The highest BCUT2D eigenvalue weighted by atomic mass is 16.5. The summed E-state index contributed by atoms with van der Waals surface area (Å²) >= 11 is 0. The smallest absolute Gasteiger partial charge is 0.305 e. The molecule has 0 radical (unpaired) electrons. The number of ether oxygens (including phenoxy) is 1. The van der Waals surface area contributed by atoms with Crippen molar-refractivity contribution in [3.05, 3.63) is 12.2 Å². The Balaban J connectivity index is 3.41. The molecule has 0 fully saturated rings. The number of aliphatic hydroxyl groups excluding tert-OH is 2. The van der Waals surface area contributed by atoms with E-state index in [0.29, 0.717) is 25.9 Å². The summed E-state index contributed by atoms with van der Waals surface area (Å²) in [6.07, 6.45) is 82.5. The van der Waals surface area contributed by atoms with Crippen molar-refractivity contribution in [3.63, 3.8) is 0 Å². The number of rotatable bonds is 67. The lowest BCUT2D eigenvalue weighted by molar-refractivity contribution is -0.143. The van der Waals surface area contributed by atoms with E-state index in [9.17, 15) is 19.8 Å². The minimum absolute atomic E-state index is 0.0116. The van der Waals surface area contributed by atoms with Gasteiger partial charge in [-0.2, -0.15) is 0 Å². The van der Waals surface area contributed by atoms with Gasteiger partial charge < -0.3 is 20.3 Å². The van der Waals surface area contributed by atoms with Crippen molar-refractivity contribution >= 4 is 11.9 Å². The topological polar surface area (TPSA) is 95.9 Å². The second-order valence-electron chi connectivity index (χ2n) is 24.6. The Morgan fingerprint density at radius 2 is 0.610 bits per heavy atom. The molecule has 6 nitrogen and oxygen atoms in total. The fraction of sp³-hybridized carbons (Fsp3) is 0.944. The number of aliphatic hydroxyl groups is 2. The number of unbranched alkanes of at least 4 members (excludes halogenated alkanes) is 54. The fourth-order valence-corrected chi connectivity index (χ4v) is 11.4. The molecule has 2 atom stereocenters. The van der Waals surface area contributed by atoms with Gasteiger partial charge in [0.2, 0.25) is 5.91 Å². The number of hydrogen-bond acceptors (Lipinski definition) is 5. The third-order valence-electron chi connectivity index (χ3n) is 16.8. The molecule has 2 unspecified atom stereocenters. The molecule has 0 aromatic rings. The van der Waals surface area contributed by atoms with Crippen molar-refractivity contribution in [1.29, 1.82) is 0 Å². The molecule has 3 N–H and O–H groups in total. The van der Waals surface area contributed by atoms with Gasteiger partial charge >= 0.3 is 5.97 Å². The second kappa shape index (κ2) is 67.1. The second-order valence-corrected chi connectivity index (χ2v) is 24.6. The Kier molecular flexibility index (Phi) is 65.9. The van der Waals surface area contributed by atoms with Crippen LogP contribution in [0.25, 0.3) is 0 Å². The lowest BCUT2D eigenvalue weighted by Crippen LogP contribution is -2.45. The van der Waals surface area contributed by atoms with Crippen LogP contribution in [0.2, 0.25) is 0 Å². The van der Waals surface area contributed by atoms with E-state index < -0.39 is 12.1 Å². The van der Waals surface area contributed by atoms with Crippen LogP contribution in [0.1, 0.15) is 406 Å². The van der Waals surface area contributed by atoms with Gasteiger partial charge in [-0.05, 0) is 51.4 Å². The quantitative estimate of drug-likeness (QED) is 0.0320. The van der Waals surface area contributed by atoms with E-state index in [1.165, 1.54) is 334 Å². The molecule has 458 valence electrons. The van der Waals surface area contributed by atoms with Gasteiger partial charge in [-0.1, -0.05) is 353 Å². The summed E-state index contributed by atoms with van der Waals surface area (Å²) < 4.78 is 5.50. The first kappa shape index (κ1) is 75.6. The number of amides is 1. The summed E-state index contributed by atoms with van der Waals surface area (Å²) in [5.74, 6) is -0.0269. The van der Waals surface area contributed by atoms with E-state index in [0.717, 1.165) is 38.5 Å². The maximum atomic E-state index is 12.5. The predicted octanol–water partition coefficient (Wildman–Crippen LogP) is 22.8. The minimum Gasteiger partial charge on any atom is -0.466 e. The van der Waals surface area contributed by atoms with E-state index in [1.54, 1.807) is 0 Å². The molecule has 77 heavy (non-hydrogen) atoms. The van der Waals surface area contributed by atoms with Crippen molar-refractivity contribution in [2.24, 2.45) is 0 Å². The summed E-state index contributed by atoms with van der Waals surface area (Å²) in [5, 5.41) is 23.4. The van der Waals surface area contributed by atoms with Gasteiger partial charge in [0, 0.05) is 12.8 Å². The van der Waals surface area contributed by atoms with Crippen LogP contribution in [0, 0.1) is 0 Å². The number of hydrogen-bond donors (Lipinski definition) is 3. The summed E-state index contributed by atoms with van der Waals surface area (Å²) in [7, 11) is 0. The molecule has 0 aliphatic carbocycles. The first-order valence-electron chi connectivity index (χ1n) is 35.4. The average molecular weight is 1090 g/mol. The van der Waals surface area contributed by atoms with Crippen molar-refractivity contribution in [3.8, 4) is 0 Å². The molecule has 1 amide bonds. The zero-order chi connectivity index (χ0) is 55.7. The third kappa shape index (κ3) is 63.6. The summed E-state index contributed by atoms with van der Waals surface area (Å²) in [6.45, 7) is 4.99. The zero-order valence-electron chi connectivity index (χ0n) is 52.5. The Bertz CT molecular complexity index is 1160. The summed E-state index contributed by atoms with van der Waals surface area (Å²) in [6, 6.07) is -0.549. The molecule has 0 heterocycles. The van der Waals surface area contributed by atoms with Crippen LogP contribution >= 0.6 is 0 Å². The van der Waals surface area contributed by atoms with Gasteiger partial charge in [-0.15, -0.1) is 0 Å². The van der Waals surface area contributed by atoms with Crippen molar-refractivity contribution in [1.82, 2.24) is 5.32 Å². The van der Waals surface area contributed by atoms with Crippen LogP contribution in [0.3, 0.4) is 0 Å². The highest BCUT2D eigenvalue weighted by molar-refractivity contribution is 5.76. The lowest BCUT2D eigenvalue weighted by atomic mass is 10.0. The number of nitrogens with one attached hydrogen (secondary N) is 1. The Hall–Kier alpha value is -1.40. The molecular weight excluding hydrogens is 947 g/mol. The van der Waals surface area contributed by atoms with Crippen LogP contribution in [-0.4, -0.2) is 47.4 Å². The summed E-state index contributed by atoms with van der Waals surface area (Å²) in [5.41, 5.74) is 0. The fourth-order valence-electron chi connectivity index (χ4n) is 11.4. The van der Waals surface area contributed by atoms with Crippen LogP contribution in [0.15, 0.2) is 12.2 Å². The maximum Gasteiger partial charge on any atom is 0.305 e. The molecule has 0 aromatic carbocycles. The van der Waals surface area contributed by atoms with Crippen molar-refractivity contribution < 1.29 is 24.5 Å². The molecular formula is C71H139NO5. The number of carbonyl (C=O) groups is 2. The highest BCUT2D eigenvalue weighted by Gasteiger charge is 2.20. The minimum atomic E-state index is -0.671. The van der Waals surface area contributed by atoms with Crippen LogP contribution in [0.5, 0.6) is 0 Å². The molecule has 0 spiro atoms. The average Bonchev–Trinajstić information content (AvgIpc) is 3.43. The first-order valence-corrected chi connectivity index (χ1v) is 35.4. The van der Waals surface area contributed by atoms with Crippen molar-refractivity contribution in [2.45, 2.75) is 418 Å². The van der Waals surface area contributed by atoms with Crippen LogP contribution < -0.4 is 5.32 Å². The Labute approximate surface area is 482 Å². The van der Waals surface area contributed by atoms with Gasteiger partial charge in [0.25, 0.3) is 0 Å². The number of esters is 1. The van der Waals surface area contributed by atoms with Gasteiger partial charge in [-0.25, -0.2) is 0 Å². The number of carbonyl (C=O) groups excluding carboxylic acids is 2. The standard InChI is InChI=1S/C71H139NO5/c1-3-5-7-9-11-13-15-17-19-21-22-23-24-25-28-32-35-39-43-47-51-55-59-63-69(74)68(67-73)72-70(75)64-60-56-52-48-44-40-36-33-29-26-27-30-34-38-42-46-50-54-58-62-66-77-71(76)65-61-57-53-49-45-41-37-31-20-18-16-14-12-10-8-6-4-2/h26,29,68-69,73-74H,3-25,27-28,30-67H2,1-2H3,(H,72,75)/b29-26-. The van der Waals surface area contributed by atoms with Crippen LogP contribution in [0.4, 0.5) is 0 Å². The molecule has 0 saturated heterocycles. The maximum absolute atomic E-state index is 12.5. The van der Waals surface area contributed by atoms with Gasteiger partial charge in [-0.3, -0.25) is 9.59 Å². The lowest BCUT2D eigenvalue weighted by Gasteiger charge is -2.22. The Morgan fingerprint density at radius 1 is 0.351 bits per heavy atom.